The summed E-state index contributed by atoms with van der Waals surface area (Å²) in [7, 11) is 0. The fourth-order valence-corrected chi connectivity index (χ4v) is 1.87. The second kappa shape index (κ2) is 6.78. The fraction of sp³-hybridized carbons (Fsp3) is 0.267. The lowest BCUT2D eigenvalue weighted by Gasteiger charge is -2.09. The standard InChI is InChI=1S/C15H17FN4O/c1-3-17-14-13(16)11(6-8-19-14)15(21)20-9-12-10(2)5-4-7-18-12/h4-8H,3,9H2,1-2H3,(H,17,19)(H,20,21). The number of amides is 1. The molecule has 2 aromatic rings. The molecule has 0 aliphatic carbocycles. The lowest BCUT2D eigenvalue weighted by Crippen LogP contribution is -2.25. The van der Waals surface area contributed by atoms with Gasteiger partial charge in [0.25, 0.3) is 5.91 Å². The maximum absolute atomic E-state index is 14.1. The van der Waals surface area contributed by atoms with Gasteiger partial charge in [0.1, 0.15) is 0 Å². The first-order valence-corrected chi connectivity index (χ1v) is 6.70. The lowest BCUT2D eigenvalue weighted by molar-refractivity contribution is 0.0946. The van der Waals surface area contributed by atoms with Crippen LogP contribution in [0.1, 0.15) is 28.5 Å². The first-order chi connectivity index (χ1) is 10.1. The Morgan fingerprint density at radius 3 is 2.81 bits per heavy atom. The van der Waals surface area contributed by atoms with Gasteiger partial charge in [-0.1, -0.05) is 6.07 Å². The van der Waals surface area contributed by atoms with Crippen LogP contribution in [0.5, 0.6) is 0 Å². The fourth-order valence-electron chi connectivity index (χ4n) is 1.87. The number of carbonyl (C=O) groups excluding carboxylic acids is 1. The Morgan fingerprint density at radius 2 is 2.10 bits per heavy atom. The minimum atomic E-state index is -0.644. The van der Waals surface area contributed by atoms with E-state index in [1.165, 1.54) is 12.3 Å². The third-order valence-electron chi connectivity index (χ3n) is 3.01. The zero-order chi connectivity index (χ0) is 15.2. The van der Waals surface area contributed by atoms with Gasteiger partial charge in [-0.3, -0.25) is 9.78 Å². The Labute approximate surface area is 122 Å². The van der Waals surface area contributed by atoms with Gasteiger partial charge in [0, 0.05) is 18.9 Å². The van der Waals surface area contributed by atoms with E-state index in [2.05, 4.69) is 20.6 Å². The Balaban J connectivity index is 2.11. The van der Waals surface area contributed by atoms with Crippen molar-refractivity contribution in [2.24, 2.45) is 0 Å². The summed E-state index contributed by atoms with van der Waals surface area (Å²) in [5.41, 5.74) is 1.70. The smallest absolute Gasteiger partial charge is 0.254 e. The summed E-state index contributed by atoms with van der Waals surface area (Å²) in [5.74, 6) is -1.05. The number of hydrogen-bond acceptors (Lipinski definition) is 4. The highest BCUT2D eigenvalue weighted by molar-refractivity contribution is 5.95. The van der Waals surface area contributed by atoms with E-state index in [0.29, 0.717) is 6.54 Å². The quantitative estimate of drug-likeness (QED) is 0.886. The van der Waals surface area contributed by atoms with E-state index in [9.17, 15) is 9.18 Å². The van der Waals surface area contributed by atoms with Crippen molar-refractivity contribution in [3.63, 3.8) is 0 Å². The maximum atomic E-state index is 14.1. The van der Waals surface area contributed by atoms with Crippen molar-refractivity contribution in [2.45, 2.75) is 20.4 Å². The molecule has 1 amide bonds. The molecule has 0 radical (unpaired) electrons. The van der Waals surface area contributed by atoms with Crippen molar-refractivity contribution in [3.8, 4) is 0 Å². The van der Waals surface area contributed by atoms with Gasteiger partial charge in [-0.25, -0.2) is 9.37 Å². The molecular formula is C15H17FN4O. The minimum Gasteiger partial charge on any atom is -0.368 e. The van der Waals surface area contributed by atoms with E-state index < -0.39 is 11.7 Å². The van der Waals surface area contributed by atoms with Gasteiger partial charge in [0.05, 0.1) is 17.8 Å². The number of rotatable bonds is 5. The monoisotopic (exact) mass is 288 g/mol. The minimum absolute atomic E-state index is 0.0328. The summed E-state index contributed by atoms with van der Waals surface area (Å²) in [6, 6.07) is 5.09. The molecule has 0 saturated carbocycles. The second-order valence-corrected chi connectivity index (χ2v) is 4.50. The summed E-state index contributed by atoms with van der Waals surface area (Å²) >= 11 is 0. The predicted molar refractivity (Wildman–Crippen MR) is 78.5 cm³/mol. The topological polar surface area (TPSA) is 66.9 Å². The van der Waals surface area contributed by atoms with E-state index in [1.54, 1.807) is 6.20 Å². The number of nitrogens with one attached hydrogen (secondary N) is 2. The van der Waals surface area contributed by atoms with Gasteiger partial charge in [0.15, 0.2) is 11.6 Å². The highest BCUT2D eigenvalue weighted by atomic mass is 19.1. The van der Waals surface area contributed by atoms with Crippen LogP contribution in [0.2, 0.25) is 0 Å². The van der Waals surface area contributed by atoms with Gasteiger partial charge in [-0.2, -0.15) is 0 Å². The number of hydrogen-bond donors (Lipinski definition) is 2. The van der Waals surface area contributed by atoms with Crippen molar-refractivity contribution in [3.05, 3.63) is 53.2 Å². The van der Waals surface area contributed by atoms with Crippen LogP contribution in [0, 0.1) is 12.7 Å². The highest BCUT2D eigenvalue weighted by Crippen LogP contribution is 2.15. The van der Waals surface area contributed by atoms with Crippen molar-refractivity contribution in [1.82, 2.24) is 15.3 Å². The molecule has 2 heterocycles. The average Bonchev–Trinajstić information content (AvgIpc) is 2.48. The van der Waals surface area contributed by atoms with Crippen LogP contribution >= 0.6 is 0 Å². The first kappa shape index (κ1) is 14.9. The Kier molecular flexibility index (Phi) is 4.81. The number of aryl methyl sites for hydroxylation is 1. The van der Waals surface area contributed by atoms with Crippen LogP contribution < -0.4 is 10.6 Å². The zero-order valence-electron chi connectivity index (χ0n) is 12.0. The number of carbonyl (C=O) groups is 1. The van der Waals surface area contributed by atoms with E-state index in [-0.39, 0.29) is 17.9 Å². The lowest BCUT2D eigenvalue weighted by atomic mass is 10.2. The normalized spacial score (nSPS) is 10.2. The van der Waals surface area contributed by atoms with E-state index in [4.69, 9.17) is 0 Å². The Hall–Kier alpha value is -2.50. The molecule has 5 nitrogen and oxygen atoms in total. The van der Waals surface area contributed by atoms with Crippen molar-refractivity contribution in [2.75, 3.05) is 11.9 Å². The summed E-state index contributed by atoms with van der Waals surface area (Å²) in [6.07, 6.45) is 3.06. The van der Waals surface area contributed by atoms with Crippen molar-refractivity contribution in [1.29, 1.82) is 0 Å². The summed E-state index contributed by atoms with van der Waals surface area (Å²) < 4.78 is 14.1. The predicted octanol–water partition coefficient (Wildman–Crippen LogP) is 2.29. The van der Waals surface area contributed by atoms with Crippen LogP contribution in [0.4, 0.5) is 10.2 Å². The molecule has 6 heteroatoms. The number of pyridine rings is 2. The molecule has 0 unspecified atom stereocenters. The summed E-state index contributed by atoms with van der Waals surface area (Å²) in [4.78, 5) is 20.1. The van der Waals surface area contributed by atoms with Gasteiger partial charge < -0.3 is 10.6 Å². The molecule has 0 aliphatic heterocycles. The molecule has 0 fully saturated rings. The maximum Gasteiger partial charge on any atom is 0.254 e. The molecule has 2 rings (SSSR count). The number of halogens is 1. The zero-order valence-corrected chi connectivity index (χ0v) is 12.0. The largest absolute Gasteiger partial charge is 0.368 e. The summed E-state index contributed by atoms with van der Waals surface area (Å²) in [6.45, 7) is 4.52. The third kappa shape index (κ3) is 3.53. The van der Waals surface area contributed by atoms with Crippen molar-refractivity contribution >= 4 is 11.7 Å². The average molecular weight is 288 g/mol. The SMILES string of the molecule is CCNc1nccc(C(=O)NCc2ncccc2C)c1F. The Morgan fingerprint density at radius 1 is 1.29 bits per heavy atom. The molecule has 0 aliphatic rings. The number of anilines is 1. The number of aromatic nitrogens is 2. The molecule has 2 N–H and O–H groups in total. The molecule has 21 heavy (non-hydrogen) atoms. The molecule has 0 atom stereocenters. The van der Waals surface area contributed by atoms with Crippen LogP contribution in [0.3, 0.4) is 0 Å². The molecular weight excluding hydrogens is 271 g/mol. The van der Waals surface area contributed by atoms with Gasteiger partial charge in [0.2, 0.25) is 0 Å². The van der Waals surface area contributed by atoms with Gasteiger partial charge >= 0.3 is 0 Å². The van der Waals surface area contributed by atoms with Crippen LogP contribution in [0.15, 0.2) is 30.6 Å². The second-order valence-electron chi connectivity index (χ2n) is 4.50. The van der Waals surface area contributed by atoms with Crippen LogP contribution in [0.25, 0.3) is 0 Å². The van der Waals surface area contributed by atoms with Gasteiger partial charge in [-0.05, 0) is 31.5 Å². The van der Waals surface area contributed by atoms with Crippen LogP contribution in [-0.2, 0) is 6.54 Å². The molecule has 110 valence electrons. The highest BCUT2D eigenvalue weighted by Gasteiger charge is 2.15. The van der Waals surface area contributed by atoms with E-state index >= 15 is 0 Å². The van der Waals surface area contributed by atoms with Crippen molar-refractivity contribution < 1.29 is 9.18 Å². The molecule has 0 saturated heterocycles. The molecule has 0 spiro atoms. The molecule has 0 bridgehead atoms. The Bertz CT molecular complexity index is 645. The van der Waals surface area contributed by atoms with E-state index in [0.717, 1.165) is 11.3 Å². The van der Waals surface area contributed by atoms with E-state index in [1.807, 2.05) is 26.0 Å². The number of nitrogens with zero attached hydrogens (tertiary/aromatic N) is 2. The van der Waals surface area contributed by atoms with Gasteiger partial charge in [-0.15, -0.1) is 0 Å². The molecule has 2 aromatic heterocycles. The summed E-state index contributed by atoms with van der Waals surface area (Å²) in [5, 5.41) is 5.44. The van der Waals surface area contributed by atoms with Crippen LogP contribution in [-0.4, -0.2) is 22.4 Å². The third-order valence-corrected chi connectivity index (χ3v) is 3.01. The first-order valence-electron chi connectivity index (χ1n) is 6.70. The molecule has 0 aromatic carbocycles.